The summed E-state index contributed by atoms with van der Waals surface area (Å²) >= 11 is 0. The number of nitrogens with zero attached hydrogens (tertiary/aromatic N) is 1. The lowest BCUT2D eigenvalue weighted by atomic mass is 9.94. The van der Waals surface area contributed by atoms with Crippen LogP contribution in [0.5, 0.6) is 11.5 Å². The second-order valence-electron chi connectivity index (χ2n) is 9.00. The van der Waals surface area contributed by atoms with Gasteiger partial charge in [0.25, 0.3) is 0 Å². The van der Waals surface area contributed by atoms with Crippen molar-refractivity contribution in [3.8, 4) is 11.5 Å². The minimum absolute atomic E-state index is 0.122. The molecule has 0 aliphatic carbocycles. The molecule has 38 heavy (non-hydrogen) atoms. The van der Waals surface area contributed by atoms with E-state index in [1.54, 1.807) is 14.0 Å². The smallest absolute Gasteiger partial charge is 0.342 e. The standard InChI is InChI=1S/C28H37NO9/c1-5-35-24(31)10-14-37-27-21(26(33-4)20(3)22-18-38-28(32)25(22)27)8-6-19(2)7-9-23(30)36-17-13-29-11-15-34-16-12-29/h6,10,14H,5,7-9,11-13,15-18H2,1-4H3/b14-10+,19-6+. The number of hydrogen-bond acceptors (Lipinski definition) is 10. The zero-order valence-electron chi connectivity index (χ0n) is 22.6. The summed E-state index contributed by atoms with van der Waals surface area (Å²) in [5.74, 6) is -0.440. The molecule has 10 nitrogen and oxygen atoms in total. The van der Waals surface area contributed by atoms with Crippen molar-refractivity contribution in [1.29, 1.82) is 0 Å². The van der Waals surface area contributed by atoms with E-state index in [9.17, 15) is 14.4 Å². The third-order valence-corrected chi connectivity index (χ3v) is 6.46. The van der Waals surface area contributed by atoms with E-state index in [1.165, 1.54) is 6.26 Å². The van der Waals surface area contributed by atoms with Gasteiger partial charge in [-0.25, -0.2) is 9.59 Å². The van der Waals surface area contributed by atoms with Crippen LogP contribution in [0, 0.1) is 6.92 Å². The van der Waals surface area contributed by atoms with Crippen molar-refractivity contribution in [2.45, 2.75) is 46.6 Å². The lowest BCUT2D eigenvalue weighted by Gasteiger charge is -2.26. The van der Waals surface area contributed by atoms with Crippen molar-refractivity contribution in [3.05, 3.63) is 46.2 Å². The highest BCUT2D eigenvalue weighted by Crippen LogP contribution is 2.43. The fourth-order valence-corrected chi connectivity index (χ4v) is 4.35. The quantitative estimate of drug-likeness (QED) is 0.124. The van der Waals surface area contributed by atoms with Gasteiger partial charge in [-0.05, 0) is 39.2 Å². The van der Waals surface area contributed by atoms with Crippen LogP contribution in [-0.4, -0.2) is 76.0 Å². The van der Waals surface area contributed by atoms with Crippen LogP contribution >= 0.6 is 0 Å². The molecule has 0 saturated carbocycles. The summed E-state index contributed by atoms with van der Waals surface area (Å²) in [7, 11) is 1.55. The summed E-state index contributed by atoms with van der Waals surface area (Å²) in [6.45, 7) is 10.1. The number of rotatable bonds is 13. The molecule has 208 valence electrons. The first-order valence-electron chi connectivity index (χ1n) is 12.9. The number of cyclic esters (lactones) is 1. The van der Waals surface area contributed by atoms with Gasteiger partial charge in [0.15, 0.2) is 0 Å². The van der Waals surface area contributed by atoms with Gasteiger partial charge in [0.1, 0.15) is 30.3 Å². The summed E-state index contributed by atoms with van der Waals surface area (Å²) in [6.07, 6.45) is 5.49. The van der Waals surface area contributed by atoms with Gasteiger partial charge in [-0.2, -0.15) is 0 Å². The molecule has 1 aromatic carbocycles. The molecule has 1 aromatic rings. The number of allylic oxidation sites excluding steroid dienone is 2. The van der Waals surface area contributed by atoms with Crippen molar-refractivity contribution in [1.82, 2.24) is 4.90 Å². The maximum Gasteiger partial charge on any atom is 0.342 e. The monoisotopic (exact) mass is 531 g/mol. The number of methoxy groups -OCH3 is 1. The molecule has 2 aliphatic rings. The van der Waals surface area contributed by atoms with Crippen molar-refractivity contribution < 1.29 is 42.8 Å². The van der Waals surface area contributed by atoms with Crippen LogP contribution < -0.4 is 9.47 Å². The molecule has 1 saturated heterocycles. The lowest BCUT2D eigenvalue weighted by molar-refractivity contribution is -0.144. The molecular weight excluding hydrogens is 494 g/mol. The molecular formula is C28H37NO9. The molecule has 0 spiro atoms. The Kier molecular flexibility index (Phi) is 11.2. The predicted molar refractivity (Wildman–Crippen MR) is 138 cm³/mol. The van der Waals surface area contributed by atoms with Crippen LogP contribution in [-0.2, 0) is 41.6 Å². The van der Waals surface area contributed by atoms with Crippen molar-refractivity contribution in [2.75, 3.05) is 53.2 Å². The van der Waals surface area contributed by atoms with Crippen molar-refractivity contribution >= 4 is 17.9 Å². The van der Waals surface area contributed by atoms with Gasteiger partial charge >= 0.3 is 17.9 Å². The van der Waals surface area contributed by atoms with Crippen LogP contribution in [0.4, 0.5) is 0 Å². The van der Waals surface area contributed by atoms with Gasteiger partial charge in [-0.1, -0.05) is 11.6 Å². The molecule has 0 unspecified atom stereocenters. The van der Waals surface area contributed by atoms with E-state index < -0.39 is 11.9 Å². The molecule has 0 radical (unpaired) electrons. The predicted octanol–water partition coefficient (Wildman–Crippen LogP) is 3.27. The second kappa shape index (κ2) is 14.5. The highest BCUT2D eigenvalue weighted by Gasteiger charge is 2.33. The topological polar surface area (TPSA) is 110 Å². The molecule has 0 amide bonds. The van der Waals surface area contributed by atoms with Gasteiger partial charge in [0.2, 0.25) is 0 Å². The molecule has 2 aliphatic heterocycles. The van der Waals surface area contributed by atoms with E-state index in [0.717, 1.165) is 30.3 Å². The number of morpholine rings is 1. The van der Waals surface area contributed by atoms with E-state index >= 15 is 0 Å². The summed E-state index contributed by atoms with van der Waals surface area (Å²) < 4.78 is 32.4. The van der Waals surface area contributed by atoms with Crippen LogP contribution in [0.3, 0.4) is 0 Å². The molecule has 3 rings (SSSR count). The average molecular weight is 532 g/mol. The summed E-state index contributed by atoms with van der Waals surface area (Å²) in [5, 5.41) is 0. The van der Waals surface area contributed by atoms with Gasteiger partial charge in [0, 0.05) is 37.2 Å². The van der Waals surface area contributed by atoms with E-state index in [4.69, 9.17) is 28.4 Å². The first kappa shape index (κ1) is 29.2. The van der Waals surface area contributed by atoms with Crippen molar-refractivity contribution in [2.24, 2.45) is 0 Å². The van der Waals surface area contributed by atoms with E-state index in [0.29, 0.717) is 61.6 Å². The van der Waals surface area contributed by atoms with Gasteiger partial charge < -0.3 is 28.4 Å². The number of esters is 3. The zero-order chi connectivity index (χ0) is 27.5. The number of ether oxygens (including phenoxy) is 6. The van der Waals surface area contributed by atoms with E-state index in [2.05, 4.69) is 4.90 Å². The minimum Gasteiger partial charge on any atom is -0.496 e. The number of carbonyl (C=O) groups is 3. The molecule has 2 heterocycles. The summed E-state index contributed by atoms with van der Waals surface area (Å²) in [5.41, 5.74) is 3.42. The SMILES string of the molecule is CCOC(=O)/C=C/Oc1c(C/C=C(\C)CCC(=O)OCCN2CCOCC2)c(OC)c(C)c2c1C(=O)OC2. The van der Waals surface area contributed by atoms with Gasteiger partial charge in [-0.15, -0.1) is 0 Å². The number of hydrogen-bond donors (Lipinski definition) is 0. The molecule has 0 aromatic heterocycles. The minimum atomic E-state index is -0.556. The van der Waals surface area contributed by atoms with Crippen LogP contribution in [0.15, 0.2) is 24.0 Å². The Morgan fingerprint density at radius 2 is 1.87 bits per heavy atom. The Bertz CT molecular complexity index is 1070. The highest BCUT2D eigenvalue weighted by atomic mass is 16.5. The first-order chi connectivity index (χ1) is 18.3. The first-order valence-corrected chi connectivity index (χ1v) is 12.9. The molecule has 0 bridgehead atoms. The largest absolute Gasteiger partial charge is 0.496 e. The van der Waals surface area contributed by atoms with E-state index in [1.807, 2.05) is 19.9 Å². The Morgan fingerprint density at radius 3 is 2.58 bits per heavy atom. The fraction of sp³-hybridized carbons (Fsp3) is 0.536. The maximum absolute atomic E-state index is 12.6. The molecule has 10 heteroatoms. The highest BCUT2D eigenvalue weighted by molar-refractivity contribution is 5.98. The zero-order valence-corrected chi connectivity index (χ0v) is 22.6. The van der Waals surface area contributed by atoms with Gasteiger partial charge in [-0.3, -0.25) is 9.69 Å². The summed E-state index contributed by atoms with van der Waals surface area (Å²) in [4.78, 5) is 38.7. The third kappa shape index (κ3) is 7.82. The fourth-order valence-electron chi connectivity index (χ4n) is 4.35. The molecule has 0 N–H and O–H groups in total. The molecule has 0 atom stereocenters. The number of fused-ring (bicyclic) bond motifs is 1. The van der Waals surface area contributed by atoms with Crippen LogP contribution in [0.1, 0.15) is 53.7 Å². The Balaban J connectivity index is 1.68. The number of benzene rings is 1. The van der Waals surface area contributed by atoms with E-state index in [-0.39, 0.29) is 31.4 Å². The summed E-state index contributed by atoms with van der Waals surface area (Å²) in [6, 6.07) is 0. The normalized spacial score (nSPS) is 15.8. The Morgan fingerprint density at radius 1 is 1.11 bits per heavy atom. The Labute approximate surface area is 223 Å². The number of carbonyl (C=O) groups excluding carboxylic acids is 3. The lowest BCUT2D eigenvalue weighted by Crippen LogP contribution is -2.38. The average Bonchev–Trinajstić information content (AvgIpc) is 3.30. The van der Waals surface area contributed by atoms with Crippen molar-refractivity contribution in [3.63, 3.8) is 0 Å². The van der Waals surface area contributed by atoms with Crippen LogP contribution in [0.25, 0.3) is 0 Å². The molecule has 1 fully saturated rings. The van der Waals surface area contributed by atoms with Gasteiger partial charge in [0.05, 0.1) is 39.3 Å². The third-order valence-electron chi connectivity index (χ3n) is 6.46. The van der Waals surface area contributed by atoms with Crippen LogP contribution in [0.2, 0.25) is 0 Å². The maximum atomic E-state index is 12.6. The Hall–Kier alpha value is -3.37. The second-order valence-corrected chi connectivity index (χ2v) is 9.00.